The predicted octanol–water partition coefficient (Wildman–Crippen LogP) is 2.70. The normalized spacial score (nSPS) is 12.5. The maximum Gasteiger partial charge on any atom is 0.123 e. The van der Waals surface area contributed by atoms with Crippen molar-refractivity contribution in [2.45, 2.75) is 39.2 Å². The second kappa shape index (κ2) is 6.51. The Morgan fingerprint density at radius 1 is 1.44 bits per heavy atom. The molecule has 0 aliphatic heterocycles. The SMILES string of the molecule is CCCCC(NN)c1ccc(C)cc1OC. The molecule has 1 rings (SSSR count). The van der Waals surface area contributed by atoms with E-state index in [9.17, 15) is 0 Å². The van der Waals surface area contributed by atoms with Gasteiger partial charge < -0.3 is 4.74 Å². The van der Waals surface area contributed by atoms with Crippen LogP contribution >= 0.6 is 0 Å². The summed E-state index contributed by atoms with van der Waals surface area (Å²) in [5.74, 6) is 6.52. The number of rotatable bonds is 6. The summed E-state index contributed by atoms with van der Waals surface area (Å²) in [6.45, 7) is 4.24. The number of ether oxygens (including phenoxy) is 1. The van der Waals surface area contributed by atoms with Gasteiger partial charge in [0.25, 0.3) is 0 Å². The van der Waals surface area contributed by atoms with E-state index >= 15 is 0 Å². The molecule has 0 spiro atoms. The van der Waals surface area contributed by atoms with Crippen LogP contribution in [0.15, 0.2) is 18.2 Å². The lowest BCUT2D eigenvalue weighted by Crippen LogP contribution is -2.28. The number of hydrazine groups is 1. The minimum absolute atomic E-state index is 0.176. The largest absolute Gasteiger partial charge is 0.496 e. The van der Waals surface area contributed by atoms with E-state index in [0.29, 0.717) is 0 Å². The van der Waals surface area contributed by atoms with Gasteiger partial charge in [-0.3, -0.25) is 11.3 Å². The van der Waals surface area contributed by atoms with Crippen LogP contribution in [-0.4, -0.2) is 7.11 Å². The van der Waals surface area contributed by atoms with Gasteiger partial charge in [-0.15, -0.1) is 0 Å². The van der Waals surface area contributed by atoms with Gasteiger partial charge in [0, 0.05) is 11.6 Å². The molecule has 0 heterocycles. The van der Waals surface area contributed by atoms with Gasteiger partial charge in [0.15, 0.2) is 0 Å². The Hall–Kier alpha value is -1.06. The van der Waals surface area contributed by atoms with E-state index in [1.165, 1.54) is 12.0 Å². The Balaban J connectivity index is 2.90. The highest BCUT2D eigenvalue weighted by atomic mass is 16.5. The van der Waals surface area contributed by atoms with Crippen LogP contribution in [0.4, 0.5) is 0 Å². The van der Waals surface area contributed by atoms with E-state index in [1.54, 1.807) is 7.11 Å². The van der Waals surface area contributed by atoms with Gasteiger partial charge in [-0.1, -0.05) is 31.9 Å². The van der Waals surface area contributed by atoms with E-state index in [-0.39, 0.29) is 6.04 Å². The molecular weight excluding hydrogens is 200 g/mol. The Morgan fingerprint density at radius 3 is 2.75 bits per heavy atom. The summed E-state index contributed by atoms with van der Waals surface area (Å²) >= 11 is 0. The fourth-order valence-corrected chi connectivity index (χ4v) is 1.84. The average molecular weight is 222 g/mol. The zero-order valence-corrected chi connectivity index (χ0v) is 10.4. The van der Waals surface area contributed by atoms with Crippen molar-refractivity contribution >= 4 is 0 Å². The van der Waals surface area contributed by atoms with Gasteiger partial charge in [0.1, 0.15) is 5.75 Å². The summed E-state index contributed by atoms with van der Waals surface area (Å²) in [5.41, 5.74) is 5.21. The fourth-order valence-electron chi connectivity index (χ4n) is 1.84. The third-order valence-electron chi connectivity index (χ3n) is 2.81. The Morgan fingerprint density at radius 2 is 2.19 bits per heavy atom. The van der Waals surface area contributed by atoms with Gasteiger partial charge in [-0.2, -0.15) is 0 Å². The van der Waals surface area contributed by atoms with Crippen LogP contribution < -0.4 is 16.0 Å². The zero-order valence-electron chi connectivity index (χ0n) is 10.4. The molecule has 16 heavy (non-hydrogen) atoms. The fraction of sp³-hybridized carbons (Fsp3) is 0.538. The smallest absolute Gasteiger partial charge is 0.123 e. The Kier molecular flexibility index (Phi) is 5.29. The molecule has 1 aromatic rings. The van der Waals surface area contributed by atoms with Crippen LogP contribution in [0.5, 0.6) is 5.75 Å². The Bertz CT molecular complexity index is 326. The molecule has 90 valence electrons. The van der Waals surface area contributed by atoms with Gasteiger partial charge >= 0.3 is 0 Å². The van der Waals surface area contributed by atoms with Crippen LogP contribution in [0.2, 0.25) is 0 Å². The van der Waals surface area contributed by atoms with Crippen LogP contribution in [0.1, 0.15) is 43.4 Å². The van der Waals surface area contributed by atoms with Crippen LogP contribution in [0, 0.1) is 6.92 Å². The van der Waals surface area contributed by atoms with Crippen molar-refractivity contribution in [1.82, 2.24) is 5.43 Å². The number of methoxy groups -OCH3 is 1. The first-order valence-electron chi connectivity index (χ1n) is 5.83. The molecule has 1 unspecified atom stereocenters. The van der Waals surface area contributed by atoms with Gasteiger partial charge in [-0.05, 0) is 25.0 Å². The Labute approximate surface area is 98.0 Å². The lowest BCUT2D eigenvalue weighted by atomic mass is 9.99. The summed E-state index contributed by atoms with van der Waals surface area (Å²) in [5, 5.41) is 0. The average Bonchev–Trinajstić information content (AvgIpc) is 2.31. The number of hydrogen-bond acceptors (Lipinski definition) is 3. The predicted molar refractivity (Wildman–Crippen MR) is 67.3 cm³/mol. The van der Waals surface area contributed by atoms with Gasteiger partial charge in [0.2, 0.25) is 0 Å². The number of hydrogen-bond donors (Lipinski definition) is 2. The van der Waals surface area contributed by atoms with Crippen LogP contribution in [0.3, 0.4) is 0 Å². The van der Waals surface area contributed by atoms with E-state index < -0.39 is 0 Å². The lowest BCUT2D eigenvalue weighted by Gasteiger charge is -2.19. The molecule has 0 saturated carbocycles. The quantitative estimate of drug-likeness (QED) is 0.574. The molecule has 3 heteroatoms. The van der Waals surface area contributed by atoms with E-state index in [2.05, 4.69) is 31.4 Å². The summed E-state index contributed by atoms with van der Waals surface area (Å²) in [6, 6.07) is 6.41. The molecule has 1 aromatic carbocycles. The third-order valence-corrected chi connectivity index (χ3v) is 2.81. The molecule has 0 saturated heterocycles. The maximum absolute atomic E-state index is 5.60. The number of nitrogens with one attached hydrogen (secondary N) is 1. The molecule has 0 aliphatic carbocycles. The first-order chi connectivity index (χ1) is 7.72. The van der Waals surface area contributed by atoms with Crippen LogP contribution in [0.25, 0.3) is 0 Å². The van der Waals surface area contributed by atoms with Crippen molar-refractivity contribution in [2.75, 3.05) is 7.11 Å². The standard InChI is InChI=1S/C13H22N2O/c1-4-5-6-12(15-14)11-8-7-10(2)9-13(11)16-3/h7-9,12,15H,4-6,14H2,1-3H3. The molecule has 1 atom stereocenters. The molecule has 0 amide bonds. The zero-order chi connectivity index (χ0) is 12.0. The minimum Gasteiger partial charge on any atom is -0.496 e. The number of unbranched alkanes of at least 4 members (excludes halogenated alkanes) is 1. The van der Waals surface area contributed by atoms with Crippen molar-refractivity contribution in [2.24, 2.45) is 5.84 Å². The highest BCUT2D eigenvalue weighted by Gasteiger charge is 2.13. The molecular formula is C13H22N2O. The molecule has 0 bridgehead atoms. The minimum atomic E-state index is 0.176. The maximum atomic E-state index is 5.60. The van der Waals surface area contributed by atoms with Crippen molar-refractivity contribution < 1.29 is 4.74 Å². The van der Waals surface area contributed by atoms with Crippen molar-refractivity contribution in [3.05, 3.63) is 29.3 Å². The van der Waals surface area contributed by atoms with Crippen molar-refractivity contribution in [1.29, 1.82) is 0 Å². The molecule has 0 fully saturated rings. The summed E-state index contributed by atoms with van der Waals surface area (Å²) in [4.78, 5) is 0. The first kappa shape index (κ1) is 13.0. The third kappa shape index (κ3) is 3.22. The summed E-state index contributed by atoms with van der Waals surface area (Å²) in [6.07, 6.45) is 3.37. The van der Waals surface area contributed by atoms with Crippen molar-refractivity contribution in [3.63, 3.8) is 0 Å². The molecule has 3 nitrogen and oxygen atoms in total. The summed E-state index contributed by atoms with van der Waals surface area (Å²) in [7, 11) is 1.70. The van der Waals surface area contributed by atoms with Gasteiger partial charge in [-0.25, -0.2) is 0 Å². The second-order valence-corrected chi connectivity index (χ2v) is 4.11. The second-order valence-electron chi connectivity index (χ2n) is 4.11. The van der Waals surface area contributed by atoms with Gasteiger partial charge in [0.05, 0.1) is 7.11 Å². The van der Waals surface area contributed by atoms with E-state index in [0.717, 1.165) is 24.2 Å². The monoisotopic (exact) mass is 222 g/mol. The number of benzene rings is 1. The van der Waals surface area contributed by atoms with E-state index in [4.69, 9.17) is 10.6 Å². The van der Waals surface area contributed by atoms with Crippen LogP contribution in [-0.2, 0) is 0 Å². The lowest BCUT2D eigenvalue weighted by molar-refractivity contribution is 0.393. The number of nitrogens with two attached hydrogens (primary N) is 1. The molecule has 0 radical (unpaired) electrons. The highest BCUT2D eigenvalue weighted by molar-refractivity contribution is 5.39. The first-order valence-corrected chi connectivity index (χ1v) is 5.83. The topological polar surface area (TPSA) is 47.3 Å². The molecule has 0 aliphatic rings. The molecule has 3 N–H and O–H groups in total. The van der Waals surface area contributed by atoms with Crippen molar-refractivity contribution in [3.8, 4) is 5.75 Å². The van der Waals surface area contributed by atoms with E-state index in [1.807, 2.05) is 6.07 Å². The number of aryl methyl sites for hydroxylation is 1. The summed E-state index contributed by atoms with van der Waals surface area (Å²) < 4.78 is 5.39. The highest BCUT2D eigenvalue weighted by Crippen LogP contribution is 2.28. The molecule has 0 aromatic heterocycles.